The Bertz CT molecular complexity index is 1330. The monoisotopic (exact) mass is 567 g/mol. The fraction of sp³-hybridized carbons (Fsp3) is 0.333. The van der Waals surface area contributed by atoms with Crippen LogP contribution in [0.4, 0.5) is 0 Å². The summed E-state index contributed by atoms with van der Waals surface area (Å²) in [5, 5.41) is 1.29. The molecule has 39 heavy (non-hydrogen) atoms. The average Bonchev–Trinajstić information content (AvgIpc) is 3.33. The Morgan fingerprint density at radius 1 is 1.00 bits per heavy atom. The maximum atomic E-state index is 12.3. The maximum absolute atomic E-state index is 12.3. The maximum Gasteiger partial charge on any atom is 0.211 e. The van der Waals surface area contributed by atoms with Crippen molar-refractivity contribution in [2.24, 2.45) is 4.99 Å². The van der Waals surface area contributed by atoms with Gasteiger partial charge >= 0.3 is 0 Å². The van der Waals surface area contributed by atoms with Gasteiger partial charge in [0.2, 0.25) is 6.41 Å². The molecule has 0 bridgehead atoms. The van der Waals surface area contributed by atoms with E-state index in [0.717, 1.165) is 23.1 Å². The van der Waals surface area contributed by atoms with Crippen molar-refractivity contribution in [3.63, 3.8) is 0 Å². The Morgan fingerprint density at radius 2 is 1.67 bits per heavy atom. The van der Waals surface area contributed by atoms with Crippen LogP contribution in [0, 0.1) is 0 Å². The van der Waals surface area contributed by atoms with Gasteiger partial charge in [0, 0.05) is 22.7 Å². The van der Waals surface area contributed by atoms with Crippen molar-refractivity contribution in [3.8, 4) is 11.5 Å². The number of carbonyl (C=O) groups is 1. The van der Waals surface area contributed by atoms with Gasteiger partial charge in [-0.2, -0.15) is 0 Å². The lowest BCUT2D eigenvalue weighted by Gasteiger charge is -2.44. The lowest BCUT2D eigenvalue weighted by molar-refractivity contribution is -0.133. The Kier molecular flexibility index (Phi) is 8.31. The van der Waals surface area contributed by atoms with Crippen molar-refractivity contribution < 1.29 is 19.0 Å². The van der Waals surface area contributed by atoms with Crippen molar-refractivity contribution in [2.75, 3.05) is 26.9 Å². The van der Waals surface area contributed by atoms with Crippen LogP contribution in [0.3, 0.4) is 0 Å². The fourth-order valence-electron chi connectivity index (χ4n) is 5.14. The van der Waals surface area contributed by atoms with E-state index in [-0.39, 0.29) is 24.4 Å². The van der Waals surface area contributed by atoms with E-state index >= 15 is 0 Å². The number of morpholine rings is 1. The normalized spacial score (nSPS) is 21.2. The third-order valence-electron chi connectivity index (χ3n) is 6.92. The molecular formula is C30H31Cl2N3O4. The van der Waals surface area contributed by atoms with Crippen LogP contribution in [-0.4, -0.2) is 61.2 Å². The molecule has 3 aromatic rings. The number of ether oxygens (including phenoxy) is 3. The predicted octanol–water partition coefficient (Wildman–Crippen LogP) is 6.15. The van der Waals surface area contributed by atoms with E-state index < -0.39 is 0 Å². The topological polar surface area (TPSA) is 63.6 Å². The molecule has 7 nitrogen and oxygen atoms in total. The summed E-state index contributed by atoms with van der Waals surface area (Å²) in [6, 6.07) is 20.7. The number of methoxy groups -OCH3 is 1. The second kappa shape index (κ2) is 11.9. The van der Waals surface area contributed by atoms with E-state index in [4.69, 9.17) is 42.4 Å². The number of carbonyl (C=O) groups excluding carboxylic acids is 1. The van der Waals surface area contributed by atoms with Gasteiger partial charge in [0.15, 0.2) is 0 Å². The number of amidine groups is 1. The number of aliphatic imine (C=N–C) groups is 1. The van der Waals surface area contributed by atoms with Gasteiger partial charge in [-0.3, -0.25) is 9.79 Å². The van der Waals surface area contributed by atoms with Gasteiger partial charge in [-0.25, -0.2) is 0 Å². The summed E-state index contributed by atoms with van der Waals surface area (Å²) in [5.41, 5.74) is 2.80. The highest BCUT2D eigenvalue weighted by Crippen LogP contribution is 2.46. The fourth-order valence-corrected chi connectivity index (χ4v) is 5.39. The first kappa shape index (κ1) is 27.3. The zero-order chi connectivity index (χ0) is 27.5. The van der Waals surface area contributed by atoms with E-state index in [1.54, 1.807) is 12.0 Å². The van der Waals surface area contributed by atoms with Crippen molar-refractivity contribution >= 4 is 35.4 Å². The molecule has 0 N–H and O–H groups in total. The number of benzene rings is 3. The number of rotatable bonds is 8. The molecule has 1 fully saturated rings. The summed E-state index contributed by atoms with van der Waals surface area (Å²) < 4.78 is 17.7. The molecule has 2 aliphatic rings. The predicted molar refractivity (Wildman–Crippen MR) is 153 cm³/mol. The summed E-state index contributed by atoms with van der Waals surface area (Å²) in [5.74, 6) is 2.03. The molecule has 0 aliphatic carbocycles. The van der Waals surface area contributed by atoms with Crippen molar-refractivity contribution in [1.29, 1.82) is 0 Å². The minimum absolute atomic E-state index is 0.0741. The summed E-state index contributed by atoms with van der Waals surface area (Å²) in [6.07, 6.45) is 0.427. The highest BCUT2D eigenvalue weighted by Gasteiger charge is 2.45. The van der Waals surface area contributed by atoms with Crippen LogP contribution in [0.2, 0.25) is 10.0 Å². The number of halogens is 2. The highest BCUT2D eigenvalue weighted by atomic mass is 35.5. The molecular weight excluding hydrogens is 537 g/mol. The third-order valence-corrected chi connectivity index (χ3v) is 7.42. The molecule has 3 aromatic carbocycles. The first-order chi connectivity index (χ1) is 18.9. The lowest BCUT2D eigenvalue weighted by Crippen LogP contribution is -2.56. The average molecular weight is 569 g/mol. The molecule has 5 rings (SSSR count). The molecule has 1 amide bonds. The van der Waals surface area contributed by atoms with Crippen LogP contribution in [0.5, 0.6) is 11.5 Å². The Labute approximate surface area is 238 Å². The Balaban J connectivity index is 1.73. The van der Waals surface area contributed by atoms with Crippen LogP contribution in [0.25, 0.3) is 0 Å². The molecule has 2 heterocycles. The number of nitrogens with zero attached hydrogens (tertiary/aromatic N) is 3. The van der Waals surface area contributed by atoms with Gasteiger partial charge < -0.3 is 24.0 Å². The first-order valence-corrected chi connectivity index (χ1v) is 13.7. The summed E-state index contributed by atoms with van der Waals surface area (Å²) in [4.78, 5) is 21.6. The summed E-state index contributed by atoms with van der Waals surface area (Å²) in [6.45, 7) is 5.26. The zero-order valence-electron chi connectivity index (χ0n) is 22.1. The smallest absolute Gasteiger partial charge is 0.211 e. The van der Waals surface area contributed by atoms with Crippen molar-refractivity contribution in [1.82, 2.24) is 9.80 Å². The van der Waals surface area contributed by atoms with Gasteiger partial charge in [0.25, 0.3) is 0 Å². The standard InChI is InChI=1S/C30H31Cl2N3O4/c1-19(2)39-26-16-24(37-3)12-13-25(26)30-33-28(20-4-8-22(31)9-5-20)29(21-6-10-23(32)11-7-21)35(30)27-17-38-15-14-34(27)18-36/h4-13,16,18-19,27-29H,14-15,17H2,1-3H3. The minimum atomic E-state index is -0.387. The number of hydrogen-bond acceptors (Lipinski definition) is 6. The van der Waals surface area contributed by atoms with Crippen molar-refractivity contribution in [3.05, 3.63) is 93.5 Å². The van der Waals surface area contributed by atoms with Gasteiger partial charge in [0.1, 0.15) is 29.5 Å². The molecule has 2 aliphatic heterocycles. The Hall–Kier alpha value is -3.26. The molecule has 204 valence electrons. The van der Waals surface area contributed by atoms with Gasteiger partial charge in [0.05, 0.1) is 38.0 Å². The second-order valence-electron chi connectivity index (χ2n) is 9.78. The van der Waals surface area contributed by atoms with E-state index in [2.05, 4.69) is 4.90 Å². The molecule has 0 aromatic heterocycles. The van der Waals surface area contributed by atoms with Crippen molar-refractivity contribution in [2.45, 2.75) is 38.2 Å². The minimum Gasteiger partial charge on any atom is -0.497 e. The van der Waals surface area contributed by atoms with E-state index in [1.165, 1.54) is 0 Å². The highest BCUT2D eigenvalue weighted by molar-refractivity contribution is 6.30. The zero-order valence-corrected chi connectivity index (χ0v) is 23.6. The van der Waals surface area contributed by atoms with Crippen LogP contribution in [-0.2, 0) is 9.53 Å². The molecule has 3 atom stereocenters. The summed E-state index contributed by atoms with van der Waals surface area (Å²) >= 11 is 12.5. The van der Waals surface area contributed by atoms with Gasteiger partial charge in [-0.05, 0) is 61.4 Å². The van der Waals surface area contributed by atoms with Gasteiger partial charge in [-0.1, -0.05) is 47.5 Å². The van der Waals surface area contributed by atoms with Crippen LogP contribution in [0.15, 0.2) is 71.7 Å². The lowest BCUT2D eigenvalue weighted by atomic mass is 9.93. The summed E-state index contributed by atoms with van der Waals surface area (Å²) in [7, 11) is 1.63. The van der Waals surface area contributed by atoms with Crippen LogP contribution in [0.1, 0.15) is 42.6 Å². The largest absolute Gasteiger partial charge is 0.497 e. The van der Waals surface area contributed by atoms with Gasteiger partial charge in [-0.15, -0.1) is 0 Å². The molecule has 0 radical (unpaired) electrons. The van der Waals surface area contributed by atoms with E-state index in [9.17, 15) is 4.79 Å². The van der Waals surface area contributed by atoms with E-state index in [0.29, 0.717) is 47.1 Å². The van der Waals surface area contributed by atoms with E-state index in [1.807, 2.05) is 80.6 Å². The molecule has 1 saturated heterocycles. The van der Waals surface area contributed by atoms with Crippen LogP contribution >= 0.6 is 23.2 Å². The number of amides is 1. The third kappa shape index (κ3) is 5.71. The molecule has 0 spiro atoms. The second-order valence-corrected chi connectivity index (χ2v) is 10.7. The molecule has 3 unspecified atom stereocenters. The SMILES string of the molecule is COc1ccc(C2=NC(c3ccc(Cl)cc3)C(c3ccc(Cl)cc3)N2C2COCCN2C=O)c(OC(C)C)c1. The Morgan fingerprint density at radius 3 is 2.28 bits per heavy atom. The molecule has 0 saturated carbocycles. The quantitative estimate of drug-likeness (QED) is 0.305. The number of hydrogen-bond donors (Lipinski definition) is 0. The molecule has 9 heteroatoms. The first-order valence-electron chi connectivity index (χ1n) is 12.9. The van der Waals surface area contributed by atoms with Crippen LogP contribution < -0.4 is 9.47 Å².